The number of para-hydroxylation sites is 1. The Kier molecular flexibility index (Phi) is 7.39. The largest absolute Gasteiger partial charge is 0.469 e. The molecule has 8 nitrogen and oxygen atoms in total. The van der Waals surface area contributed by atoms with E-state index in [0.717, 1.165) is 16.8 Å². The lowest BCUT2D eigenvalue weighted by Gasteiger charge is -2.40. The number of carbonyl (C=O) groups is 2. The average molecular weight is 479 g/mol. The van der Waals surface area contributed by atoms with Crippen molar-refractivity contribution in [1.29, 1.82) is 5.26 Å². The molecule has 0 aromatic heterocycles. The minimum Gasteiger partial charge on any atom is -0.469 e. The van der Waals surface area contributed by atoms with E-state index in [1.54, 1.807) is 6.92 Å². The average Bonchev–Trinajstić information content (AvgIpc) is 3.42. The van der Waals surface area contributed by atoms with Gasteiger partial charge in [0, 0.05) is 18.7 Å². The van der Waals surface area contributed by atoms with Crippen LogP contribution in [0.2, 0.25) is 0 Å². The fourth-order valence-corrected chi connectivity index (χ4v) is 5.27. The number of nitriles is 1. The predicted octanol–water partition coefficient (Wildman–Crippen LogP) is 3.49. The van der Waals surface area contributed by atoms with E-state index in [-0.39, 0.29) is 25.9 Å². The molecule has 0 bridgehead atoms. The molecule has 1 fully saturated rings. The summed E-state index contributed by atoms with van der Waals surface area (Å²) in [5, 5.41) is 9.92. The van der Waals surface area contributed by atoms with Gasteiger partial charge in [0.05, 0.1) is 51.9 Å². The molecule has 0 N–H and O–H groups in total. The third-order valence-corrected chi connectivity index (χ3v) is 6.79. The Labute approximate surface area is 205 Å². The molecule has 2 aromatic carbocycles. The first-order valence-electron chi connectivity index (χ1n) is 11.8. The fourth-order valence-electron chi connectivity index (χ4n) is 5.27. The van der Waals surface area contributed by atoms with Crippen molar-refractivity contribution < 1.29 is 28.5 Å². The van der Waals surface area contributed by atoms with Crippen molar-refractivity contribution in [1.82, 2.24) is 0 Å². The summed E-state index contributed by atoms with van der Waals surface area (Å²) in [7, 11) is 1.32. The van der Waals surface area contributed by atoms with Gasteiger partial charge in [0.2, 0.25) is 0 Å². The molecule has 2 aromatic rings. The van der Waals surface area contributed by atoms with Gasteiger partial charge in [0.15, 0.2) is 5.79 Å². The second kappa shape index (κ2) is 10.5. The summed E-state index contributed by atoms with van der Waals surface area (Å²) in [5.74, 6) is -2.22. The highest BCUT2D eigenvalue weighted by molar-refractivity contribution is 5.91. The molecular formula is C27H30N2O6. The summed E-state index contributed by atoms with van der Waals surface area (Å²) in [6.45, 7) is 3.06. The van der Waals surface area contributed by atoms with E-state index < -0.39 is 29.2 Å². The lowest BCUT2D eigenvalue weighted by atomic mass is 9.71. The van der Waals surface area contributed by atoms with Crippen molar-refractivity contribution in [3.63, 3.8) is 0 Å². The van der Waals surface area contributed by atoms with Gasteiger partial charge in [-0.2, -0.15) is 5.26 Å². The number of ether oxygens (including phenoxy) is 4. The monoisotopic (exact) mass is 478 g/mol. The molecule has 2 heterocycles. The van der Waals surface area contributed by atoms with Gasteiger partial charge in [0.1, 0.15) is 5.41 Å². The van der Waals surface area contributed by atoms with Crippen molar-refractivity contribution in [3.8, 4) is 6.07 Å². The standard InChI is InChI=1S/C27H30N2O6/c1-3-33-25(31)27(13-14-28)21-11-7-8-12-22(21)29(19-20-9-5-4-6-10-20)23(27)17-26(18-24(30)32-2)34-15-16-35-26/h4-12,23H,3,13,15-19H2,1-2H3/t23-,27-/m0/s1. The maximum absolute atomic E-state index is 13.7. The van der Waals surface area contributed by atoms with Crippen molar-refractivity contribution in [2.24, 2.45) is 0 Å². The van der Waals surface area contributed by atoms with Crippen LogP contribution < -0.4 is 4.90 Å². The molecule has 2 aliphatic heterocycles. The molecule has 4 rings (SSSR count). The first-order valence-corrected chi connectivity index (χ1v) is 11.8. The van der Waals surface area contributed by atoms with Gasteiger partial charge in [-0.05, 0) is 24.1 Å². The Morgan fingerprint density at radius 2 is 1.80 bits per heavy atom. The molecule has 0 saturated carbocycles. The Hall–Kier alpha value is -3.41. The summed E-state index contributed by atoms with van der Waals surface area (Å²) >= 11 is 0. The Morgan fingerprint density at radius 3 is 2.46 bits per heavy atom. The SMILES string of the molecule is CCOC(=O)[C@@]1(CC#N)c2ccccc2N(Cc2ccccc2)[C@H]1CC1(CC(=O)OC)OCCO1. The Balaban J connectivity index is 1.86. The molecule has 35 heavy (non-hydrogen) atoms. The molecule has 2 atom stereocenters. The maximum Gasteiger partial charge on any atom is 0.319 e. The van der Waals surface area contributed by atoms with E-state index in [1.165, 1.54) is 7.11 Å². The van der Waals surface area contributed by atoms with Crippen LogP contribution in [0, 0.1) is 11.3 Å². The summed E-state index contributed by atoms with van der Waals surface area (Å²) in [4.78, 5) is 28.1. The third kappa shape index (κ3) is 4.62. The summed E-state index contributed by atoms with van der Waals surface area (Å²) in [6.07, 6.45) is -0.0435. The zero-order chi connectivity index (χ0) is 24.9. The number of nitrogens with zero attached hydrogens (tertiary/aromatic N) is 2. The highest BCUT2D eigenvalue weighted by atomic mass is 16.7. The van der Waals surface area contributed by atoms with Gasteiger partial charge in [-0.3, -0.25) is 9.59 Å². The van der Waals surface area contributed by atoms with Crippen LogP contribution in [0.15, 0.2) is 54.6 Å². The normalized spacial score (nSPS) is 22.3. The van der Waals surface area contributed by atoms with Gasteiger partial charge < -0.3 is 23.8 Å². The number of benzene rings is 2. The first kappa shape index (κ1) is 24.7. The van der Waals surface area contributed by atoms with Crippen LogP contribution in [0.5, 0.6) is 0 Å². The van der Waals surface area contributed by atoms with Crippen LogP contribution in [0.25, 0.3) is 0 Å². The van der Waals surface area contributed by atoms with E-state index in [4.69, 9.17) is 18.9 Å². The Morgan fingerprint density at radius 1 is 1.11 bits per heavy atom. The topological polar surface area (TPSA) is 98.1 Å². The van der Waals surface area contributed by atoms with Gasteiger partial charge >= 0.3 is 11.9 Å². The van der Waals surface area contributed by atoms with Crippen LogP contribution >= 0.6 is 0 Å². The lowest BCUT2D eigenvalue weighted by molar-refractivity contribution is -0.188. The molecule has 0 aliphatic carbocycles. The molecule has 0 unspecified atom stereocenters. The van der Waals surface area contributed by atoms with Crippen LogP contribution in [-0.2, 0) is 40.5 Å². The van der Waals surface area contributed by atoms with Crippen molar-refractivity contribution in [2.75, 3.05) is 31.8 Å². The quantitative estimate of drug-likeness (QED) is 0.505. The second-order valence-electron chi connectivity index (χ2n) is 8.74. The molecule has 0 radical (unpaired) electrons. The van der Waals surface area contributed by atoms with Gasteiger partial charge in [0.25, 0.3) is 0 Å². The molecule has 0 spiro atoms. The lowest BCUT2D eigenvalue weighted by Crippen LogP contribution is -2.54. The van der Waals surface area contributed by atoms with Gasteiger partial charge in [-0.25, -0.2) is 0 Å². The number of fused-ring (bicyclic) bond motifs is 1. The number of methoxy groups -OCH3 is 1. The highest BCUT2D eigenvalue weighted by Gasteiger charge is 2.60. The minimum atomic E-state index is -1.28. The van der Waals surface area contributed by atoms with E-state index in [0.29, 0.717) is 19.8 Å². The summed E-state index contributed by atoms with van der Waals surface area (Å²) < 4.78 is 22.5. The minimum absolute atomic E-state index is 0.0902. The van der Waals surface area contributed by atoms with E-state index in [2.05, 4.69) is 11.0 Å². The number of carbonyl (C=O) groups excluding carboxylic acids is 2. The number of esters is 2. The summed E-state index contributed by atoms with van der Waals surface area (Å²) in [6, 6.07) is 19.2. The Bertz CT molecular complexity index is 1090. The van der Waals surface area contributed by atoms with Crippen LogP contribution in [0.3, 0.4) is 0 Å². The number of hydrogen-bond acceptors (Lipinski definition) is 8. The highest BCUT2D eigenvalue weighted by Crippen LogP contribution is 2.52. The van der Waals surface area contributed by atoms with E-state index in [1.807, 2.05) is 54.6 Å². The van der Waals surface area contributed by atoms with E-state index in [9.17, 15) is 14.9 Å². The molecule has 2 aliphatic rings. The zero-order valence-corrected chi connectivity index (χ0v) is 20.1. The number of hydrogen-bond donors (Lipinski definition) is 0. The van der Waals surface area contributed by atoms with Crippen LogP contribution in [0.1, 0.15) is 37.3 Å². The third-order valence-electron chi connectivity index (χ3n) is 6.79. The molecule has 8 heteroatoms. The van der Waals surface area contributed by atoms with E-state index >= 15 is 0 Å². The van der Waals surface area contributed by atoms with Crippen molar-refractivity contribution >= 4 is 17.6 Å². The second-order valence-corrected chi connectivity index (χ2v) is 8.74. The molecule has 184 valence electrons. The van der Waals surface area contributed by atoms with Crippen molar-refractivity contribution in [2.45, 2.75) is 50.0 Å². The van der Waals surface area contributed by atoms with Gasteiger partial charge in [-0.15, -0.1) is 0 Å². The first-order chi connectivity index (χ1) is 17.0. The number of anilines is 1. The zero-order valence-electron chi connectivity index (χ0n) is 20.1. The molecule has 0 amide bonds. The smallest absolute Gasteiger partial charge is 0.319 e. The fraction of sp³-hybridized carbons (Fsp3) is 0.444. The number of rotatable bonds is 9. The van der Waals surface area contributed by atoms with Gasteiger partial charge in [-0.1, -0.05) is 48.5 Å². The van der Waals surface area contributed by atoms with Crippen LogP contribution in [-0.4, -0.2) is 50.7 Å². The van der Waals surface area contributed by atoms with Crippen molar-refractivity contribution in [3.05, 3.63) is 65.7 Å². The molecule has 1 saturated heterocycles. The molecular weight excluding hydrogens is 448 g/mol. The maximum atomic E-state index is 13.7. The predicted molar refractivity (Wildman–Crippen MR) is 127 cm³/mol. The summed E-state index contributed by atoms with van der Waals surface area (Å²) in [5.41, 5.74) is 1.33. The van der Waals surface area contributed by atoms with Crippen LogP contribution in [0.4, 0.5) is 5.69 Å².